The molecule has 0 atom stereocenters. The standard InChI is InChI=1S/C17H12N4O/c1-3-7-13(8-4-1)15-16(21-12-18-11-19-21)20-17(22-15)14-9-5-2-6-10-14/h1-12H. The number of oxazole rings is 1. The van der Waals surface area contributed by atoms with Crippen LogP contribution in [-0.2, 0) is 0 Å². The summed E-state index contributed by atoms with van der Waals surface area (Å²) in [6.07, 6.45) is 3.09. The molecule has 4 aromatic rings. The fourth-order valence-corrected chi connectivity index (χ4v) is 2.27. The number of nitrogens with zero attached hydrogens (tertiary/aromatic N) is 4. The van der Waals surface area contributed by atoms with Gasteiger partial charge in [-0.2, -0.15) is 14.8 Å². The van der Waals surface area contributed by atoms with Gasteiger partial charge in [-0.25, -0.2) is 4.98 Å². The topological polar surface area (TPSA) is 56.7 Å². The normalized spacial score (nSPS) is 10.7. The molecule has 5 nitrogen and oxygen atoms in total. The van der Waals surface area contributed by atoms with E-state index in [2.05, 4.69) is 15.1 Å². The third kappa shape index (κ3) is 2.18. The molecule has 22 heavy (non-hydrogen) atoms. The zero-order valence-corrected chi connectivity index (χ0v) is 11.6. The van der Waals surface area contributed by atoms with Gasteiger partial charge in [0, 0.05) is 11.1 Å². The van der Waals surface area contributed by atoms with Crippen molar-refractivity contribution in [1.82, 2.24) is 19.7 Å². The second-order valence-corrected chi connectivity index (χ2v) is 4.74. The lowest BCUT2D eigenvalue weighted by Crippen LogP contribution is -1.96. The van der Waals surface area contributed by atoms with Crippen LogP contribution in [0.3, 0.4) is 0 Å². The number of benzene rings is 2. The van der Waals surface area contributed by atoms with Crippen molar-refractivity contribution in [1.29, 1.82) is 0 Å². The SMILES string of the molecule is c1ccc(-c2nc(-n3cncn3)c(-c3ccccc3)o2)cc1. The van der Waals surface area contributed by atoms with Gasteiger partial charge in [-0.05, 0) is 12.1 Å². The van der Waals surface area contributed by atoms with Crippen LogP contribution in [0.5, 0.6) is 0 Å². The van der Waals surface area contributed by atoms with Crippen LogP contribution in [-0.4, -0.2) is 19.7 Å². The molecule has 2 aromatic carbocycles. The van der Waals surface area contributed by atoms with Crippen LogP contribution in [0.4, 0.5) is 0 Å². The summed E-state index contributed by atoms with van der Waals surface area (Å²) in [5, 5.41) is 4.16. The second-order valence-electron chi connectivity index (χ2n) is 4.74. The maximum atomic E-state index is 6.01. The molecule has 0 aliphatic rings. The summed E-state index contributed by atoms with van der Waals surface area (Å²) in [7, 11) is 0. The van der Waals surface area contributed by atoms with Crippen LogP contribution in [0.2, 0.25) is 0 Å². The summed E-state index contributed by atoms with van der Waals surface area (Å²) in [5.74, 6) is 1.86. The Morgan fingerprint density at radius 2 is 1.50 bits per heavy atom. The molecule has 106 valence electrons. The van der Waals surface area contributed by atoms with E-state index in [1.807, 2.05) is 60.7 Å². The molecule has 0 fully saturated rings. The lowest BCUT2D eigenvalue weighted by atomic mass is 10.2. The van der Waals surface area contributed by atoms with E-state index in [-0.39, 0.29) is 0 Å². The Morgan fingerprint density at radius 3 is 2.14 bits per heavy atom. The van der Waals surface area contributed by atoms with Gasteiger partial charge in [0.1, 0.15) is 12.7 Å². The average molecular weight is 288 g/mol. The Balaban J connectivity index is 1.91. The van der Waals surface area contributed by atoms with Crippen molar-refractivity contribution >= 4 is 0 Å². The molecule has 0 amide bonds. The minimum atomic E-state index is 0.560. The molecular formula is C17H12N4O. The minimum absolute atomic E-state index is 0.560. The number of aromatic nitrogens is 4. The molecule has 0 radical (unpaired) electrons. The highest BCUT2D eigenvalue weighted by molar-refractivity contribution is 5.68. The molecule has 0 saturated heterocycles. The summed E-state index contributed by atoms with van der Waals surface area (Å²) in [6, 6.07) is 19.7. The van der Waals surface area contributed by atoms with Crippen LogP contribution in [0.25, 0.3) is 28.6 Å². The van der Waals surface area contributed by atoms with E-state index in [0.717, 1.165) is 11.1 Å². The molecule has 0 aliphatic carbocycles. The molecule has 0 saturated carbocycles. The molecule has 5 heteroatoms. The summed E-state index contributed by atoms with van der Waals surface area (Å²) in [6.45, 7) is 0. The molecule has 2 heterocycles. The van der Waals surface area contributed by atoms with E-state index in [0.29, 0.717) is 17.5 Å². The van der Waals surface area contributed by atoms with E-state index in [9.17, 15) is 0 Å². The highest BCUT2D eigenvalue weighted by Crippen LogP contribution is 2.31. The minimum Gasteiger partial charge on any atom is -0.434 e. The van der Waals surface area contributed by atoms with Gasteiger partial charge in [-0.1, -0.05) is 48.5 Å². The van der Waals surface area contributed by atoms with E-state index >= 15 is 0 Å². The predicted octanol–water partition coefficient (Wildman–Crippen LogP) is 3.59. The lowest BCUT2D eigenvalue weighted by Gasteiger charge is -1.99. The molecule has 0 unspecified atom stereocenters. The highest BCUT2D eigenvalue weighted by Gasteiger charge is 2.18. The summed E-state index contributed by atoms with van der Waals surface area (Å²) < 4.78 is 7.62. The zero-order chi connectivity index (χ0) is 14.8. The third-order valence-corrected chi connectivity index (χ3v) is 3.30. The summed E-state index contributed by atoms with van der Waals surface area (Å²) in [4.78, 5) is 8.58. The third-order valence-electron chi connectivity index (χ3n) is 3.30. The van der Waals surface area contributed by atoms with Crippen molar-refractivity contribution in [2.45, 2.75) is 0 Å². The molecular weight excluding hydrogens is 276 g/mol. The summed E-state index contributed by atoms with van der Waals surface area (Å²) in [5.41, 5.74) is 1.87. The van der Waals surface area contributed by atoms with Crippen LogP contribution in [0.15, 0.2) is 77.7 Å². The first kappa shape index (κ1) is 12.5. The van der Waals surface area contributed by atoms with E-state index in [1.54, 1.807) is 11.0 Å². The van der Waals surface area contributed by atoms with Crippen molar-refractivity contribution < 1.29 is 4.42 Å². The van der Waals surface area contributed by atoms with Crippen molar-refractivity contribution in [3.63, 3.8) is 0 Å². The Kier molecular flexibility index (Phi) is 3.01. The van der Waals surface area contributed by atoms with E-state index < -0.39 is 0 Å². The number of rotatable bonds is 3. The van der Waals surface area contributed by atoms with Gasteiger partial charge in [-0.15, -0.1) is 0 Å². The monoisotopic (exact) mass is 288 g/mol. The first-order valence-corrected chi connectivity index (χ1v) is 6.88. The Bertz CT molecular complexity index is 868. The highest BCUT2D eigenvalue weighted by atomic mass is 16.4. The Hall–Kier alpha value is -3.21. The van der Waals surface area contributed by atoms with Crippen LogP contribution >= 0.6 is 0 Å². The van der Waals surface area contributed by atoms with Gasteiger partial charge in [0.05, 0.1) is 0 Å². The van der Waals surface area contributed by atoms with Gasteiger partial charge < -0.3 is 4.42 Å². The van der Waals surface area contributed by atoms with Crippen LogP contribution in [0, 0.1) is 0 Å². The molecule has 0 aliphatic heterocycles. The first-order valence-electron chi connectivity index (χ1n) is 6.88. The van der Waals surface area contributed by atoms with Crippen molar-refractivity contribution in [2.75, 3.05) is 0 Å². The fourth-order valence-electron chi connectivity index (χ4n) is 2.27. The molecule has 0 bridgehead atoms. The van der Waals surface area contributed by atoms with Crippen LogP contribution in [0.1, 0.15) is 0 Å². The molecule has 4 rings (SSSR count). The van der Waals surface area contributed by atoms with Crippen molar-refractivity contribution in [3.05, 3.63) is 73.3 Å². The van der Waals surface area contributed by atoms with Crippen molar-refractivity contribution in [2.24, 2.45) is 0 Å². The lowest BCUT2D eigenvalue weighted by molar-refractivity contribution is 0.587. The van der Waals surface area contributed by atoms with Gasteiger partial charge in [0.15, 0.2) is 5.76 Å². The van der Waals surface area contributed by atoms with Crippen LogP contribution < -0.4 is 0 Å². The van der Waals surface area contributed by atoms with E-state index in [1.165, 1.54) is 6.33 Å². The second kappa shape index (κ2) is 5.29. The quantitative estimate of drug-likeness (QED) is 0.578. The maximum absolute atomic E-state index is 6.01. The Labute approximate surface area is 126 Å². The van der Waals surface area contributed by atoms with E-state index in [4.69, 9.17) is 4.42 Å². The molecule has 0 spiro atoms. The first-order chi connectivity index (χ1) is 10.9. The fraction of sp³-hybridized carbons (Fsp3) is 0. The van der Waals surface area contributed by atoms with Gasteiger partial charge in [0.2, 0.25) is 11.7 Å². The van der Waals surface area contributed by atoms with Gasteiger partial charge >= 0.3 is 0 Å². The molecule has 2 aromatic heterocycles. The molecule has 0 N–H and O–H groups in total. The largest absolute Gasteiger partial charge is 0.434 e. The average Bonchev–Trinajstić information content (AvgIpc) is 3.26. The smallest absolute Gasteiger partial charge is 0.228 e. The van der Waals surface area contributed by atoms with Crippen molar-refractivity contribution in [3.8, 4) is 28.6 Å². The maximum Gasteiger partial charge on any atom is 0.228 e. The van der Waals surface area contributed by atoms with Gasteiger partial charge in [0.25, 0.3) is 0 Å². The zero-order valence-electron chi connectivity index (χ0n) is 11.6. The summed E-state index contributed by atoms with van der Waals surface area (Å²) >= 11 is 0. The number of hydrogen-bond acceptors (Lipinski definition) is 4. The Morgan fingerprint density at radius 1 is 0.818 bits per heavy atom. The number of hydrogen-bond donors (Lipinski definition) is 0. The predicted molar refractivity (Wildman–Crippen MR) is 82.3 cm³/mol. The van der Waals surface area contributed by atoms with Gasteiger partial charge in [-0.3, -0.25) is 0 Å².